The number of carbonyl (C=O) groups is 1. The molecule has 0 spiro atoms. The van der Waals surface area contributed by atoms with E-state index < -0.39 is 0 Å². The largest absolute Gasteiger partial charge is 0.354 e. The van der Waals surface area contributed by atoms with Gasteiger partial charge in [0.25, 0.3) is 5.91 Å². The molecule has 0 saturated carbocycles. The molecule has 1 aliphatic rings. The van der Waals surface area contributed by atoms with E-state index in [1.807, 2.05) is 18.2 Å². The Kier molecular flexibility index (Phi) is 5.64. The molecule has 2 aromatic heterocycles. The van der Waals surface area contributed by atoms with Gasteiger partial charge in [-0.05, 0) is 62.4 Å². The molecular weight excluding hydrogens is 312 g/mol. The fourth-order valence-electron chi connectivity index (χ4n) is 3.41. The van der Waals surface area contributed by atoms with E-state index >= 15 is 0 Å². The average Bonchev–Trinajstić information content (AvgIpc) is 2.67. The zero-order chi connectivity index (χ0) is 17.6. The summed E-state index contributed by atoms with van der Waals surface area (Å²) in [6.07, 6.45) is 9.71. The van der Waals surface area contributed by atoms with Crippen LogP contribution in [0.3, 0.4) is 0 Å². The maximum atomic E-state index is 12.7. The van der Waals surface area contributed by atoms with Gasteiger partial charge in [0.15, 0.2) is 0 Å². The molecule has 1 fully saturated rings. The molecule has 0 aliphatic carbocycles. The van der Waals surface area contributed by atoms with Crippen LogP contribution >= 0.6 is 0 Å². The molecule has 5 heteroatoms. The van der Waals surface area contributed by atoms with Crippen LogP contribution in [0, 0.1) is 0 Å². The number of anilines is 1. The standard InChI is InChI=1S/C20H26N4O/c1-3-18(16-7-10-21-11-8-16)23-20(25)17-9-12-22-19(14-17)24-13-5-4-6-15(24)2/h7-12,14-15,18H,3-6,13H2,1-2H3,(H,23,25)/t15-,18+/m1/s1. The van der Waals surface area contributed by atoms with Crippen molar-refractivity contribution in [3.63, 3.8) is 0 Å². The summed E-state index contributed by atoms with van der Waals surface area (Å²) in [6, 6.07) is 8.05. The van der Waals surface area contributed by atoms with Gasteiger partial charge >= 0.3 is 0 Å². The summed E-state index contributed by atoms with van der Waals surface area (Å²) in [5.74, 6) is 0.841. The molecular formula is C20H26N4O. The number of hydrogen-bond acceptors (Lipinski definition) is 4. The molecule has 3 rings (SSSR count). The quantitative estimate of drug-likeness (QED) is 0.902. The predicted molar refractivity (Wildman–Crippen MR) is 99.6 cm³/mol. The van der Waals surface area contributed by atoms with Gasteiger partial charge < -0.3 is 10.2 Å². The summed E-state index contributed by atoms with van der Waals surface area (Å²) in [4.78, 5) is 23.6. The molecule has 5 nitrogen and oxygen atoms in total. The molecule has 3 heterocycles. The SMILES string of the molecule is CC[C@H](NC(=O)c1ccnc(N2CCCC[C@H]2C)c1)c1ccncc1. The van der Waals surface area contributed by atoms with Gasteiger partial charge in [-0.25, -0.2) is 4.98 Å². The number of hydrogen-bond donors (Lipinski definition) is 1. The lowest BCUT2D eigenvalue weighted by Crippen LogP contribution is -2.38. The van der Waals surface area contributed by atoms with Crippen LogP contribution in [0.15, 0.2) is 42.9 Å². The van der Waals surface area contributed by atoms with Crippen molar-refractivity contribution in [2.45, 2.75) is 51.6 Å². The van der Waals surface area contributed by atoms with Gasteiger partial charge in [0.2, 0.25) is 0 Å². The van der Waals surface area contributed by atoms with Crippen LogP contribution in [-0.2, 0) is 0 Å². The van der Waals surface area contributed by atoms with E-state index in [1.165, 1.54) is 19.3 Å². The summed E-state index contributed by atoms with van der Waals surface area (Å²) < 4.78 is 0. The monoisotopic (exact) mass is 338 g/mol. The maximum Gasteiger partial charge on any atom is 0.251 e. The third-order valence-electron chi connectivity index (χ3n) is 4.93. The van der Waals surface area contributed by atoms with Crippen molar-refractivity contribution in [3.05, 3.63) is 54.0 Å². The summed E-state index contributed by atoms with van der Waals surface area (Å²) in [5.41, 5.74) is 1.74. The van der Waals surface area contributed by atoms with Crippen molar-refractivity contribution in [1.82, 2.24) is 15.3 Å². The Morgan fingerprint density at radius 1 is 1.28 bits per heavy atom. The van der Waals surface area contributed by atoms with E-state index in [0.717, 1.165) is 24.3 Å². The highest BCUT2D eigenvalue weighted by molar-refractivity contribution is 5.95. The van der Waals surface area contributed by atoms with Crippen LogP contribution in [0.2, 0.25) is 0 Å². The Balaban J connectivity index is 1.75. The second kappa shape index (κ2) is 8.10. The Hall–Kier alpha value is -2.43. The summed E-state index contributed by atoms with van der Waals surface area (Å²) in [5, 5.41) is 3.13. The molecule has 1 amide bonds. The number of piperidine rings is 1. The van der Waals surface area contributed by atoms with Gasteiger partial charge in [-0.1, -0.05) is 6.92 Å². The van der Waals surface area contributed by atoms with Gasteiger partial charge in [-0.3, -0.25) is 9.78 Å². The third-order valence-corrected chi connectivity index (χ3v) is 4.93. The summed E-state index contributed by atoms with van der Waals surface area (Å²) >= 11 is 0. The summed E-state index contributed by atoms with van der Waals surface area (Å²) in [6.45, 7) is 5.30. The van der Waals surface area contributed by atoms with Crippen molar-refractivity contribution in [2.75, 3.05) is 11.4 Å². The Labute approximate surface area is 149 Å². The molecule has 2 atom stereocenters. The van der Waals surface area contributed by atoms with Crippen molar-refractivity contribution in [1.29, 1.82) is 0 Å². The van der Waals surface area contributed by atoms with Gasteiger partial charge in [0.05, 0.1) is 6.04 Å². The molecule has 1 N–H and O–H groups in total. The average molecular weight is 338 g/mol. The molecule has 1 saturated heterocycles. The number of rotatable bonds is 5. The van der Waals surface area contributed by atoms with Crippen LogP contribution in [0.4, 0.5) is 5.82 Å². The van der Waals surface area contributed by atoms with Crippen molar-refractivity contribution in [3.8, 4) is 0 Å². The van der Waals surface area contributed by atoms with Crippen LogP contribution in [0.1, 0.15) is 61.5 Å². The normalized spacial score (nSPS) is 18.6. The van der Waals surface area contributed by atoms with E-state index in [9.17, 15) is 4.79 Å². The number of amides is 1. The predicted octanol–water partition coefficient (Wildman–Crippen LogP) is 3.74. The number of pyridine rings is 2. The van der Waals surface area contributed by atoms with Crippen LogP contribution in [-0.4, -0.2) is 28.5 Å². The van der Waals surface area contributed by atoms with E-state index in [0.29, 0.717) is 11.6 Å². The fraction of sp³-hybridized carbons (Fsp3) is 0.450. The second-order valence-electron chi connectivity index (χ2n) is 6.66. The third kappa shape index (κ3) is 4.16. The maximum absolute atomic E-state index is 12.7. The van der Waals surface area contributed by atoms with Crippen molar-refractivity contribution < 1.29 is 4.79 Å². The Morgan fingerprint density at radius 3 is 2.80 bits per heavy atom. The molecule has 1 aliphatic heterocycles. The molecule has 25 heavy (non-hydrogen) atoms. The molecule has 2 aromatic rings. The van der Waals surface area contributed by atoms with Gasteiger partial charge in [0.1, 0.15) is 5.82 Å². The highest BCUT2D eigenvalue weighted by Gasteiger charge is 2.21. The summed E-state index contributed by atoms with van der Waals surface area (Å²) in [7, 11) is 0. The number of nitrogens with zero attached hydrogens (tertiary/aromatic N) is 3. The Bertz CT molecular complexity index is 704. The van der Waals surface area contributed by atoms with Crippen molar-refractivity contribution >= 4 is 11.7 Å². The first kappa shape index (κ1) is 17.4. The Morgan fingerprint density at radius 2 is 2.08 bits per heavy atom. The highest BCUT2D eigenvalue weighted by atomic mass is 16.1. The first-order chi connectivity index (χ1) is 12.2. The smallest absolute Gasteiger partial charge is 0.251 e. The lowest BCUT2D eigenvalue weighted by atomic mass is 10.0. The first-order valence-electron chi connectivity index (χ1n) is 9.12. The van der Waals surface area contributed by atoms with Gasteiger partial charge in [-0.2, -0.15) is 0 Å². The molecule has 0 radical (unpaired) electrons. The van der Waals surface area contributed by atoms with Crippen LogP contribution in [0.25, 0.3) is 0 Å². The van der Waals surface area contributed by atoms with Gasteiger partial charge in [0, 0.05) is 36.7 Å². The minimum absolute atomic E-state index is 0.0129. The zero-order valence-electron chi connectivity index (χ0n) is 15.0. The minimum atomic E-state index is -0.0584. The first-order valence-corrected chi connectivity index (χ1v) is 9.12. The lowest BCUT2D eigenvalue weighted by molar-refractivity contribution is 0.0935. The lowest BCUT2D eigenvalue weighted by Gasteiger charge is -2.34. The van der Waals surface area contributed by atoms with Crippen molar-refractivity contribution in [2.24, 2.45) is 0 Å². The fourth-order valence-corrected chi connectivity index (χ4v) is 3.41. The minimum Gasteiger partial charge on any atom is -0.354 e. The molecule has 0 bridgehead atoms. The van der Waals surface area contributed by atoms with Gasteiger partial charge in [-0.15, -0.1) is 0 Å². The van der Waals surface area contributed by atoms with Crippen LogP contribution in [0.5, 0.6) is 0 Å². The highest BCUT2D eigenvalue weighted by Crippen LogP contribution is 2.24. The van der Waals surface area contributed by atoms with E-state index in [1.54, 1.807) is 24.7 Å². The zero-order valence-corrected chi connectivity index (χ0v) is 15.0. The number of carbonyl (C=O) groups excluding carboxylic acids is 1. The molecule has 0 unspecified atom stereocenters. The van der Waals surface area contributed by atoms with E-state index in [-0.39, 0.29) is 11.9 Å². The molecule has 0 aromatic carbocycles. The van der Waals surface area contributed by atoms with Crippen LogP contribution < -0.4 is 10.2 Å². The number of nitrogens with one attached hydrogen (secondary N) is 1. The number of aromatic nitrogens is 2. The van der Waals surface area contributed by atoms with E-state index in [2.05, 4.69) is 34.0 Å². The van der Waals surface area contributed by atoms with E-state index in [4.69, 9.17) is 0 Å². The second-order valence-corrected chi connectivity index (χ2v) is 6.66. The topological polar surface area (TPSA) is 58.1 Å². The molecule has 132 valence electrons.